The summed E-state index contributed by atoms with van der Waals surface area (Å²) in [4.78, 5) is 14.7. The molecule has 1 N–H and O–H groups in total. The largest absolute Gasteiger partial charge is 0.378 e. The number of aryl methyl sites for hydroxylation is 1. The molecular weight excluding hydrogens is 328 g/mol. The number of ether oxygens (including phenoxy) is 1. The molecule has 7 heteroatoms. The average molecular weight is 354 g/mol. The molecule has 1 aliphatic heterocycles. The smallest absolute Gasteiger partial charge is 0.241 e. The molecule has 2 rings (SSSR count). The van der Waals surface area contributed by atoms with Gasteiger partial charge in [0.1, 0.15) is 6.04 Å². The summed E-state index contributed by atoms with van der Waals surface area (Å²) in [6.45, 7) is 7.71. The molecule has 1 aromatic carbocycles. The highest BCUT2D eigenvalue weighted by atomic mass is 32.2. The van der Waals surface area contributed by atoms with Crippen LogP contribution < -0.4 is 4.72 Å². The first kappa shape index (κ1) is 18.9. The molecule has 0 aliphatic carbocycles. The van der Waals surface area contributed by atoms with Crippen molar-refractivity contribution in [1.29, 1.82) is 0 Å². The number of nitrogens with one attached hydrogen (secondary N) is 1. The maximum absolute atomic E-state index is 12.8. The van der Waals surface area contributed by atoms with Crippen LogP contribution in [0.25, 0.3) is 0 Å². The van der Waals surface area contributed by atoms with Gasteiger partial charge in [-0.3, -0.25) is 4.79 Å². The molecule has 1 fully saturated rings. The molecule has 0 spiro atoms. The lowest BCUT2D eigenvalue weighted by Crippen LogP contribution is -2.54. The second kappa shape index (κ2) is 8.09. The Morgan fingerprint density at radius 3 is 2.38 bits per heavy atom. The van der Waals surface area contributed by atoms with Gasteiger partial charge in [-0.25, -0.2) is 8.42 Å². The summed E-state index contributed by atoms with van der Waals surface area (Å²) in [5.41, 5.74) is 0.983. The quantitative estimate of drug-likeness (QED) is 0.841. The summed E-state index contributed by atoms with van der Waals surface area (Å²) in [6, 6.07) is 5.85. The third-order valence-corrected chi connectivity index (χ3v) is 5.87. The fraction of sp³-hybridized carbons (Fsp3) is 0.588. The third kappa shape index (κ3) is 4.55. The number of benzene rings is 1. The topological polar surface area (TPSA) is 75.7 Å². The van der Waals surface area contributed by atoms with Crippen LogP contribution in [-0.2, 0) is 19.6 Å². The number of morpholine rings is 1. The van der Waals surface area contributed by atoms with E-state index >= 15 is 0 Å². The van der Waals surface area contributed by atoms with Crippen LogP contribution in [0.4, 0.5) is 0 Å². The molecular formula is C17H26N2O4S. The van der Waals surface area contributed by atoms with E-state index in [4.69, 9.17) is 4.74 Å². The molecule has 2 atom stereocenters. The second-order valence-corrected chi connectivity index (χ2v) is 7.95. The van der Waals surface area contributed by atoms with Crippen molar-refractivity contribution >= 4 is 15.9 Å². The number of amides is 1. The number of carbonyl (C=O) groups is 1. The van der Waals surface area contributed by atoms with Gasteiger partial charge in [-0.05, 0) is 25.0 Å². The van der Waals surface area contributed by atoms with Crippen LogP contribution >= 0.6 is 0 Å². The summed E-state index contributed by atoms with van der Waals surface area (Å²) in [5, 5.41) is 0. The molecule has 2 unspecified atom stereocenters. The molecule has 24 heavy (non-hydrogen) atoms. The van der Waals surface area contributed by atoms with Gasteiger partial charge in [-0.15, -0.1) is 0 Å². The Balaban J connectivity index is 2.21. The lowest BCUT2D eigenvalue weighted by molar-refractivity contribution is -0.138. The lowest BCUT2D eigenvalue weighted by atomic mass is 9.99. The summed E-state index contributed by atoms with van der Waals surface area (Å²) in [6.07, 6.45) is 0.706. The molecule has 0 saturated carbocycles. The Labute approximate surface area is 144 Å². The van der Waals surface area contributed by atoms with Crippen molar-refractivity contribution in [2.75, 3.05) is 26.3 Å². The fourth-order valence-electron chi connectivity index (χ4n) is 2.58. The fourth-order valence-corrected chi connectivity index (χ4v) is 3.88. The Hall–Kier alpha value is -1.44. The third-order valence-electron chi connectivity index (χ3n) is 4.42. The highest BCUT2D eigenvalue weighted by molar-refractivity contribution is 7.89. The standard InChI is InChI=1S/C17H26N2O4S/c1-4-14(3)16(17(20)19-9-11-23-12-10-19)18-24(21,22)15-7-5-13(2)6-8-15/h5-8,14,16,18H,4,9-12H2,1-3H3. The van der Waals surface area contributed by atoms with Gasteiger partial charge in [0, 0.05) is 13.1 Å². The Bertz CT molecular complexity index is 652. The predicted octanol–water partition coefficient (Wildman–Crippen LogP) is 1.55. The van der Waals surface area contributed by atoms with E-state index in [0.717, 1.165) is 5.56 Å². The summed E-state index contributed by atoms with van der Waals surface area (Å²) in [7, 11) is -3.74. The minimum Gasteiger partial charge on any atom is -0.378 e. The van der Waals surface area contributed by atoms with E-state index in [9.17, 15) is 13.2 Å². The maximum Gasteiger partial charge on any atom is 0.241 e. The van der Waals surface area contributed by atoms with Crippen molar-refractivity contribution in [2.24, 2.45) is 5.92 Å². The van der Waals surface area contributed by atoms with Crippen LogP contribution in [0.5, 0.6) is 0 Å². The highest BCUT2D eigenvalue weighted by Crippen LogP contribution is 2.17. The molecule has 0 bridgehead atoms. The SMILES string of the molecule is CCC(C)C(NS(=O)(=O)c1ccc(C)cc1)C(=O)N1CCOCC1. The zero-order valence-electron chi connectivity index (χ0n) is 14.5. The van der Waals surface area contributed by atoms with E-state index in [0.29, 0.717) is 32.7 Å². The van der Waals surface area contributed by atoms with E-state index in [1.165, 1.54) is 0 Å². The predicted molar refractivity (Wildman–Crippen MR) is 92.1 cm³/mol. The molecule has 1 amide bonds. The van der Waals surface area contributed by atoms with Crippen molar-refractivity contribution in [3.05, 3.63) is 29.8 Å². The van der Waals surface area contributed by atoms with Crippen molar-refractivity contribution < 1.29 is 17.9 Å². The van der Waals surface area contributed by atoms with Gasteiger partial charge in [0.25, 0.3) is 0 Å². The zero-order chi connectivity index (χ0) is 17.7. The average Bonchev–Trinajstić information content (AvgIpc) is 2.59. The number of carbonyl (C=O) groups excluding carboxylic acids is 1. The van der Waals surface area contributed by atoms with Crippen LogP contribution in [0.2, 0.25) is 0 Å². The number of rotatable bonds is 6. The van der Waals surface area contributed by atoms with Gasteiger partial charge in [0.2, 0.25) is 15.9 Å². The highest BCUT2D eigenvalue weighted by Gasteiger charge is 2.33. The molecule has 1 saturated heterocycles. The Kier molecular flexibility index (Phi) is 6.37. The molecule has 1 aliphatic rings. The van der Waals surface area contributed by atoms with E-state index in [1.807, 2.05) is 20.8 Å². The van der Waals surface area contributed by atoms with Gasteiger partial charge in [0.15, 0.2) is 0 Å². The lowest BCUT2D eigenvalue weighted by Gasteiger charge is -2.32. The summed E-state index contributed by atoms with van der Waals surface area (Å²) < 4.78 is 33.2. The maximum atomic E-state index is 12.8. The molecule has 1 aromatic rings. The van der Waals surface area contributed by atoms with E-state index in [1.54, 1.807) is 29.2 Å². The van der Waals surface area contributed by atoms with Crippen molar-refractivity contribution in [3.8, 4) is 0 Å². The first-order chi connectivity index (χ1) is 11.3. The number of hydrogen-bond acceptors (Lipinski definition) is 4. The van der Waals surface area contributed by atoms with Crippen molar-refractivity contribution in [1.82, 2.24) is 9.62 Å². The number of sulfonamides is 1. The molecule has 1 heterocycles. The zero-order valence-corrected chi connectivity index (χ0v) is 15.3. The monoisotopic (exact) mass is 354 g/mol. The molecule has 134 valence electrons. The Morgan fingerprint density at radius 1 is 1.25 bits per heavy atom. The van der Waals surface area contributed by atoms with Crippen LogP contribution in [0, 0.1) is 12.8 Å². The van der Waals surface area contributed by atoms with Crippen LogP contribution in [-0.4, -0.2) is 51.6 Å². The van der Waals surface area contributed by atoms with Gasteiger partial charge < -0.3 is 9.64 Å². The van der Waals surface area contributed by atoms with Crippen molar-refractivity contribution in [2.45, 2.75) is 38.1 Å². The van der Waals surface area contributed by atoms with Crippen LogP contribution in [0.1, 0.15) is 25.8 Å². The van der Waals surface area contributed by atoms with Crippen LogP contribution in [0.3, 0.4) is 0 Å². The van der Waals surface area contributed by atoms with Crippen molar-refractivity contribution in [3.63, 3.8) is 0 Å². The van der Waals surface area contributed by atoms with Crippen LogP contribution in [0.15, 0.2) is 29.2 Å². The molecule has 0 aromatic heterocycles. The van der Waals surface area contributed by atoms with E-state index in [2.05, 4.69) is 4.72 Å². The normalized spacial score (nSPS) is 18.2. The van der Waals surface area contributed by atoms with Gasteiger partial charge in [-0.1, -0.05) is 38.0 Å². The molecule has 6 nitrogen and oxygen atoms in total. The van der Waals surface area contributed by atoms with E-state index in [-0.39, 0.29) is 16.7 Å². The first-order valence-electron chi connectivity index (χ1n) is 8.30. The minimum absolute atomic E-state index is 0.0967. The summed E-state index contributed by atoms with van der Waals surface area (Å²) in [5.74, 6) is -0.274. The number of hydrogen-bond donors (Lipinski definition) is 1. The first-order valence-corrected chi connectivity index (χ1v) is 9.79. The molecule has 0 radical (unpaired) electrons. The van der Waals surface area contributed by atoms with Gasteiger partial charge in [-0.2, -0.15) is 4.72 Å². The second-order valence-electron chi connectivity index (χ2n) is 6.24. The minimum atomic E-state index is -3.74. The number of nitrogens with zero attached hydrogens (tertiary/aromatic N) is 1. The van der Waals surface area contributed by atoms with Gasteiger partial charge >= 0.3 is 0 Å². The van der Waals surface area contributed by atoms with Gasteiger partial charge in [0.05, 0.1) is 18.1 Å². The summed E-state index contributed by atoms with van der Waals surface area (Å²) >= 11 is 0. The Morgan fingerprint density at radius 2 is 1.83 bits per heavy atom. The van der Waals surface area contributed by atoms with E-state index < -0.39 is 16.1 Å².